The Morgan fingerprint density at radius 2 is 2.29 bits per heavy atom. The molecule has 0 bridgehead atoms. The average molecular weight is 332 g/mol. The Labute approximate surface area is 129 Å². The van der Waals surface area contributed by atoms with Crippen molar-refractivity contribution in [3.05, 3.63) is 22.8 Å². The number of pyridine rings is 1. The molecule has 0 aliphatic carbocycles. The number of hydrogen-bond donors (Lipinski definition) is 1. The van der Waals surface area contributed by atoms with Crippen molar-refractivity contribution in [1.82, 2.24) is 9.88 Å². The van der Waals surface area contributed by atoms with Crippen LogP contribution in [0, 0.1) is 0 Å². The molecule has 2 rings (SSSR count). The Hall–Kier alpha value is -1.34. The van der Waals surface area contributed by atoms with Gasteiger partial charge in [-0.05, 0) is 19.9 Å². The van der Waals surface area contributed by atoms with Gasteiger partial charge in [0.25, 0.3) is 5.91 Å². The largest absolute Gasteiger partial charge is 0.369 e. The zero-order valence-electron chi connectivity index (χ0n) is 12.0. The van der Waals surface area contributed by atoms with Gasteiger partial charge in [0.2, 0.25) is 0 Å². The molecule has 0 saturated carbocycles. The Morgan fingerprint density at radius 1 is 1.57 bits per heavy atom. The Bertz CT molecular complexity index is 648. The molecule has 1 saturated heterocycles. The lowest BCUT2D eigenvalue weighted by atomic mass is 10.2. The van der Waals surface area contributed by atoms with Crippen LogP contribution >= 0.6 is 11.6 Å². The maximum atomic E-state index is 12.5. The van der Waals surface area contributed by atoms with Gasteiger partial charge in [-0.15, -0.1) is 0 Å². The summed E-state index contributed by atoms with van der Waals surface area (Å²) in [7, 11) is -3.05. The molecule has 0 spiro atoms. The fourth-order valence-electron chi connectivity index (χ4n) is 2.32. The predicted octanol–water partition coefficient (Wildman–Crippen LogP) is 1.43. The van der Waals surface area contributed by atoms with Crippen LogP contribution < -0.4 is 5.32 Å². The zero-order chi connectivity index (χ0) is 15.6. The first-order chi connectivity index (χ1) is 9.84. The van der Waals surface area contributed by atoms with Crippen molar-refractivity contribution in [1.29, 1.82) is 0 Å². The number of carbonyl (C=O) groups is 1. The minimum Gasteiger partial charge on any atom is -0.369 e. The lowest BCUT2D eigenvalue weighted by Crippen LogP contribution is -2.49. The van der Waals surface area contributed by atoms with Crippen LogP contribution in [0.25, 0.3) is 0 Å². The summed E-state index contributed by atoms with van der Waals surface area (Å²) in [5, 5.41) is 3.37. The summed E-state index contributed by atoms with van der Waals surface area (Å²) >= 11 is 6.08. The molecule has 0 aromatic carbocycles. The van der Waals surface area contributed by atoms with Gasteiger partial charge in [-0.3, -0.25) is 4.79 Å². The highest BCUT2D eigenvalue weighted by atomic mass is 35.5. The number of rotatable bonds is 3. The van der Waals surface area contributed by atoms with Gasteiger partial charge in [-0.1, -0.05) is 11.6 Å². The molecule has 1 amide bonds. The van der Waals surface area contributed by atoms with Crippen molar-refractivity contribution in [3.8, 4) is 0 Å². The third-order valence-electron chi connectivity index (χ3n) is 3.36. The highest BCUT2D eigenvalue weighted by Gasteiger charge is 2.31. The molecular formula is C13H18ClN3O3S. The lowest BCUT2D eigenvalue weighted by molar-refractivity contribution is 0.0712. The number of aromatic nitrogens is 1. The summed E-state index contributed by atoms with van der Waals surface area (Å²) in [6.45, 7) is 4.54. The molecule has 1 aliphatic rings. The second-order valence-electron chi connectivity index (χ2n) is 5.05. The van der Waals surface area contributed by atoms with E-state index in [1.54, 1.807) is 17.9 Å². The molecular weight excluding hydrogens is 314 g/mol. The maximum absolute atomic E-state index is 12.5. The summed E-state index contributed by atoms with van der Waals surface area (Å²) in [6, 6.07) is 1.22. The number of sulfone groups is 1. The Balaban J connectivity index is 2.19. The summed E-state index contributed by atoms with van der Waals surface area (Å²) in [6.07, 6.45) is 1.46. The highest BCUT2D eigenvalue weighted by molar-refractivity contribution is 7.91. The molecule has 8 heteroatoms. The van der Waals surface area contributed by atoms with E-state index in [9.17, 15) is 13.2 Å². The highest BCUT2D eigenvalue weighted by Crippen LogP contribution is 2.22. The van der Waals surface area contributed by atoms with E-state index in [0.717, 1.165) is 0 Å². The summed E-state index contributed by atoms with van der Waals surface area (Å²) in [5.74, 6) is 0.287. The van der Waals surface area contributed by atoms with Gasteiger partial charge in [0.1, 0.15) is 5.82 Å². The molecule has 1 N–H and O–H groups in total. The second kappa shape index (κ2) is 6.19. The number of hydrogen-bond acceptors (Lipinski definition) is 5. The summed E-state index contributed by atoms with van der Waals surface area (Å²) in [4.78, 5) is 18.1. The molecule has 21 heavy (non-hydrogen) atoms. The molecule has 1 aromatic rings. The van der Waals surface area contributed by atoms with Crippen molar-refractivity contribution in [2.75, 3.05) is 29.9 Å². The number of nitrogens with one attached hydrogen (secondary N) is 1. The molecule has 1 atom stereocenters. The van der Waals surface area contributed by atoms with Gasteiger partial charge < -0.3 is 10.2 Å². The molecule has 116 valence electrons. The van der Waals surface area contributed by atoms with Crippen LogP contribution in [-0.4, -0.2) is 54.8 Å². The third kappa shape index (κ3) is 3.65. The smallest absolute Gasteiger partial charge is 0.255 e. The van der Waals surface area contributed by atoms with Crippen molar-refractivity contribution >= 4 is 33.2 Å². The van der Waals surface area contributed by atoms with Gasteiger partial charge >= 0.3 is 0 Å². The minimum atomic E-state index is -3.05. The van der Waals surface area contributed by atoms with Crippen molar-refractivity contribution in [2.24, 2.45) is 0 Å². The first-order valence-electron chi connectivity index (χ1n) is 6.75. The fraction of sp³-hybridized carbons (Fsp3) is 0.538. The predicted molar refractivity (Wildman–Crippen MR) is 82.6 cm³/mol. The van der Waals surface area contributed by atoms with Crippen LogP contribution in [0.3, 0.4) is 0 Å². The molecule has 1 aromatic heterocycles. The zero-order valence-corrected chi connectivity index (χ0v) is 13.5. The van der Waals surface area contributed by atoms with Crippen LogP contribution in [0.4, 0.5) is 5.82 Å². The van der Waals surface area contributed by atoms with E-state index < -0.39 is 9.84 Å². The third-order valence-corrected chi connectivity index (χ3v) is 5.45. The maximum Gasteiger partial charge on any atom is 0.255 e. The van der Waals surface area contributed by atoms with Gasteiger partial charge in [-0.25, -0.2) is 13.4 Å². The topological polar surface area (TPSA) is 79.4 Å². The van der Waals surface area contributed by atoms with Gasteiger partial charge in [0.05, 0.1) is 22.1 Å². The van der Waals surface area contributed by atoms with Crippen LogP contribution in [-0.2, 0) is 9.84 Å². The number of amides is 1. The van der Waals surface area contributed by atoms with E-state index in [-0.39, 0.29) is 30.0 Å². The monoisotopic (exact) mass is 331 g/mol. The SMILES string of the molecule is CCNc1ncc(C(=O)N2CCS(=O)(=O)CC2C)cc1Cl. The molecule has 1 fully saturated rings. The average Bonchev–Trinajstić information content (AvgIpc) is 2.39. The van der Waals surface area contributed by atoms with E-state index in [4.69, 9.17) is 11.6 Å². The summed E-state index contributed by atoms with van der Waals surface area (Å²) in [5.41, 5.74) is 0.368. The second-order valence-corrected chi connectivity index (χ2v) is 7.68. The van der Waals surface area contributed by atoms with Crippen molar-refractivity contribution in [3.63, 3.8) is 0 Å². The quantitative estimate of drug-likeness (QED) is 0.906. The Morgan fingerprint density at radius 3 is 2.86 bits per heavy atom. The first kappa shape index (κ1) is 16.0. The number of nitrogens with zero attached hydrogens (tertiary/aromatic N) is 2. The molecule has 1 aliphatic heterocycles. The Kier molecular flexibility index (Phi) is 4.73. The number of anilines is 1. The van der Waals surface area contributed by atoms with Crippen LogP contribution in [0.5, 0.6) is 0 Å². The standard InChI is InChI=1S/C13H18ClN3O3S/c1-3-15-12-11(14)6-10(7-16-12)13(18)17-4-5-21(19,20)8-9(17)2/h6-7,9H,3-5,8H2,1-2H3,(H,15,16). The fourth-order valence-corrected chi connectivity index (χ4v) is 4.11. The molecule has 0 radical (unpaired) electrons. The van der Waals surface area contributed by atoms with E-state index in [1.165, 1.54) is 6.20 Å². The van der Waals surface area contributed by atoms with Crippen LogP contribution in [0.15, 0.2) is 12.3 Å². The normalized spacial score (nSPS) is 21.1. The van der Waals surface area contributed by atoms with E-state index in [1.807, 2.05) is 6.92 Å². The van der Waals surface area contributed by atoms with Crippen molar-refractivity contribution < 1.29 is 13.2 Å². The number of halogens is 1. The first-order valence-corrected chi connectivity index (χ1v) is 8.95. The van der Waals surface area contributed by atoms with Gasteiger partial charge in [0, 0.05) is 25.3 Å². The summed E-state index contributed by atoms with van der Waals surface area (Å²) < 4.78 is 23.1. The van der Waals surface area contributed by atoms with E-state index in [2.05, 4.69) is 10.3 Å². The van der Waals surface area contributed by atoms with E-state index >= 15 is 0 Å². The molecule has 1 unspecified atom stereocenters. The van der Waals surface area contributed by atoms with Gasteiger partial charge in [-0.2, -0.15) is 0 Å². The van der Waals surface area contributed by atoms with Gasteiger partial charge in [0.15, 0.2) is 9.84 Å². The minimum absolute atomic E-state index is 0.000283. The molecule has 6 nitrogen and oxygen atoms in total. The molecule has 2 heterocycles. The number of carbonyl (C=O) groups excluding carboxylic acids is 1. The van der Waals surface area contributed by atoms with Crippen LogP contribution in [0.1, 0.15) is 24.2 Å². The van der Waals surface area contributed by atoms with Crippen molar-refractivity contribution in [2.45, 2.75) is 19.9 Å². The lowest BCUT2D eigenvalue weighted by Gasteiger charge is -2.33. The van der Waals surface area contributed by atoms with Crippen LogP contribution in [0.2, 0.25) is 5.02 Å². The van der Waals surface area contributed by atoms with E-state index in [0.29, 0.717) is 22.9 Å².